The lowest BCUT2D eigenvalue weighted by atomic mass is 9.77. The summed E-state index contributed by atoms with van der Waals surface area (Å²) in [6.45, 7) is 0. The highest BCUT2D eigenvalue weighted by Gasteiger charge is 2.42. The molecule has 3 N–H and O–H groups in total. The summed E-state index contributed by atoms with van der Waals surface area (Å²) in [5, 5.41) is 16.7. The van der Waals surface area contributed by atoms with Crippen LogP contribution >= 0.6 is 11.6 Å². The first kappa shape index (κ1) is 19.6. The van der Waals surface area contributed by atoms with E-state index in [1.807, 2.05) is 17.1 Å². The van der Waals surface area contributed by atoms with Crippen LogP contribution in [-0.2, 0) is 6.42 Å². The second-order valence-corrected chi connectivity index (χ2v) is 8.26. The van der Waals surface area contributed by atoms with Gasteiger partial charge in [0.1, 0.15) is 5.82 Å². The average molecular weight is 436 g/mol. The fourth-order valence-electron chi connectivity index (χ4n) is 4.51. The highest BCUT2D eigenvalue weighted by atomic mass is 35.5. The number of hydrazone groups is 1. The van der Waals surface area contributed by atoms with Gasteiger partial charge in [-0.3, -0.25) is 5.01 Å². The SMILES string of the molecule is Nc1ccc(N2N=C3c4cc(C(=O)O)ccc4CCC3C2c2ccc(F)cc2)cc1Cl. The van der Waals surface area contributed by atoms with Crippen LogP contribution in [0.1, 0.15) is 39.5 Å². The van der Waals surface area contributed by atoms with Crippen LogP contribution in [0.2, 0.25) is 5.02 Å². The van der Waals surface area contributed by atoms with Gasteiger partial charge < -0.3 is 10.8 Å². The summed E-state index contributed by atoms with van der Waals surface area (Å²) in [6.07, 6.45) is 1.66. The summed E-state index contributed by atoms with van der Waals surface area (Å²) in [5.74, 6) is -1.25. The van der Waals surface area contributed by atoms with Crippen LogP contribution in [0, 0.1) is 11.7 Å². The monoisotopic (exact) mass is 435 g/mol. The highest BCUT2D eigenvalue weighted by molar-refractivity contribution is 6.33. The molecule has 156 valence electrons. The van der Waals surface area contributed by atoms with Gasteiger partial charge in [0.25, 0.3) is 0 Å². The molecule has 3 aromatic carbocycles. The summed E-state index contributed by atoms with van der Waals surface area (Å²) >= 11 is 6.28. The molecule has 0 fully saturated rings. The maximum absolute atomic E-state index is 13.6. The van der Waals surface area contributed by atoms with Gasteiger partial charge >= 0.3 is 5.97 Å². The molecule has 5 nitrogen and oxygen atoms in total. The number of hydrogen-bond acceptors (Lipinski definition) is 4. The van der Waals surface area contributed by atoms with Crippen molar-refractivity contribution in [2.24, 2.45) is 11.0 Å². The minimum atomic E-state index is -0.972. The third-order valence-electron chi connectivity index (χ3n) is 6.03. The van der Waals surface area contributed by atoms with Crippen molar-refractivity contribution < 1.29 is 14.3 Å². The van der Waals surface area contributed by atoms with Crippen LogP contribution in [-0.4, -0.2) is 16.8 Å². The van der Waals surface area contributed by atoms with E-state index in [0.717, 1.165) is 40.9 Å². The zero-order chi connectivity index (χ0) is 21.7. The molecule has 0 aromatic heterocycles. The molecule has 2 unspecified atom stereocenters. The molecule has 2 aliphatic rings. The first-order valence-corrected chi connectivity index (χ1v) is 10.3. The van der Waals surface area contributed by atoms with Gasteiger partial charge in [-0.1, -0.05) is 29.8 Å². The number of nitrogen functional groups attached to an aromatic ring is 1. The Hall–Kier alpha value is -3.38. The molecular weight excluding hydrogens is 417 g/mol. The highest BCUT2D eigenvalue weighted by Crippen LogP contribution is 2.46. The Morgan fingerprint density at radius 1 is 1.13 bits per heavy atom. The van der Waals surface area contributed by atoms with Crippen molar-refractivity contribution in [1.29, 1.82) is 0 Å². The Labute approximate surface area is 183 Å². The lowest BCUT2D eigenvalue weighted by Gasteiger charge is -2.31. The van der Waals surface area contributed by atoms with Crippen molar-refractivity contribution in [3.05, 3.63) is 93.8 Å². The van der Waals surface area contributed by atoms with E-state index >= 15 is 0 Å². The average Bonchev–Trinajstić information content (AvgIpc) is 3.16. The zero-order valence-electron chi connectivity index (χ0n) is 16.4. The molecule has 0 saturated carbocycles. The third kappa shape index (κ3) is 3.33. The largest absolute Gasteiger partial charge is 0.478 e. The van der Waals surface area contributed by atoms with Gasteiger partial charge in [0.2, 0.25) is 0 Å². The van der Waals surface area contributed by atoms with E-state index in [1.54, 1.807) is 36.4 Å². The summed E-state index contributed by atoms with van der Waals surface area (Å²) in [5.41, 5.74) is 11.1. The first-order chi connectivity index (χ1) is 14.9. The van der Waals surface area contributed by atoms with E-state index in [4.69, 9.17) is 22.4 Å². The predicted octanol–water partition coefficient (Wildman–Crippen LogP) is 5.29. The maximum atomic E-state index is 13.6. The summed E-state index contributed by atoms with van der Waals surface area (Å²) in [7, 11) is 0. The number of rotatable bonds is 3. The number of fused-ring (bicyclic) bond motifs is 3. The smallest absolute Gasteiger partial charge is 0.335 e. The first-order valence-electron chi connectivity index (χ1n) is 9.97. The number of nitrogens with two attached hydrogens (primary N) is 1. The predicted molar refractivity (Wildman–Crippen MR) is 119 cm³/mol. The minimum absolute atomic E-state index is 0.0262. The molecule has 3 aromatic rings. The molecule has 2 atom stereocenters. The lowest BCUT2D eigenvalue weighted by Crippen LogP contribution is -2.29. The standard InChI is InChI=1S/C24H19ClFN3O2/c25-20-12-17(8-10-21(20)27)29-23(14-3-6-16(26)7-4-14)18-9-5-13-1-2-15(24(30)31)11-19(13)22(18)28-29/h1-4,6-8,10-12,18,23H,5,9,27H2,(H,30,31). The molecule has 0 amide bonds. The van der Waals surface area contributed by atoms with Crippen LogP contribution in [0.4, 0.5) is 15.8 Å². The quantitative estimate of drug-likeness (QED) is 0.548. The number of aromatic carboxylic acids is 1. The maximum Gasteiger partial charge on any atom is 0.335 e. The minimum Gasteiger partial charge on any atom is -0.478 e. The Kier molecular flexibility index (Phi) is 4.67. The van der Waals surface area contributed by atoms with Crippen molar-refractivity contribution in [1.82, 2.24) is 0 Å². The van der Waals surface area contributed by atoms with Gasteiger partial charge in [-0.05, 0) is 66.4 Å². The molecular formula is C24H19ClFN3O2. The Morgan fingerprint density at radius 2 is 1.90 bits per heavy atom. The van der Waals surface area contributed by atoms with Gasteiger partial charge in [-0.2, -0.15) is 5.10 Å². The van der Waals surface area contributed by atoms with E-state index in [1.165, 1.54) is 12.1 Å². The number of carboxylic acid groups (broad SMARTS) is 1. The molecule has 0 radical (unpaired) electrons. The van der Waals surface area contributed by atoms with Gasteiger partial charge in [-0.15, -0.1) is 0 Å². The Bertz CT molecular complexity index is 1230. The van der Waals surface area contributed by atoms with Crippen LogP contribution in [0.5, 0.6) is 0 Å². The molecule has 31 heavy (non-hydrogen) atoms. The van der Waals surface area contributed by atoms with Crippen LogP contribution < -0.4 is 10.7 Å². The zero-order valence-corrected chi connectivity index (χ0v) is 17.2. The van der Waals surface area contributed by atoms with Crippen molar-refractivity contribution in [2.75, 3.05) is 10.7 Å². The van der Waals surface area contributed by atoms with Crippen molar-refractivity contribution in [3.8, 4) is 0 Å². The number of hydrogen-bond donors (Lipinski definition) is 2. The van der Waals surface area contributed by atoms with Crippen LogP contribution in [0.3, 0.4) is 0 Å². The second-order valence-electron chi connectivity index (χ2n) is 7.85. The van der Waals surface area contributed by atoms with Crippen molar-refractivity contribution in [3.63, 3.8) is 0 Å². The van der Waals surface area contributed by atoms with Gasteiger partial charge in [0, 0.05) is 11.5 Å². The fraction of sp³-hybridized carbons (Fsp3) is 0.167. The number of halogens is 2. The molecule has 1 aliphatic heterocycles. The normalized spacial score (nSPS) is 19.5. The fourth-order valence-corrected chi connectivity index (χ4v) is 4.68. The topological polar surface area (TPSA) is 78.9 Å². The number of benzene rings is 3. The van der Waals surface area contributed by atoms with Crippen molar-refractivity contribution in [2.45, 2.75) is 18.9 Å². The summed E-state index contributed by atoms with van der Waals surface area (Å²) in [4.78, 5) is 11.5. The van der Waals surface area contributed by atoms with Crippen LogP contribution in [0.25, 0.3) is 0 Å². The van der Waals surface area contributed by atoms with E-state index in [2.05, 4.69) is 0 Å². The number of aryl methyl sites for hydroxylation is 1. The third-order valence-corrected chi connectivity index (χ3v) is 6.36. The molecule has 5 rings (SSSR count). The second kappa shape index (κ2) is 7.39. The van der Waals surface area contributed by atoms with E-state index in [-0.39, 0.29) is 23.3 Å². The molecule has 0 saturated heterocycles. The summed E-state index contributed by atoms with van der Waals surface area (Å²) < 4.78 is 13.6. The van der Waals surface area contributed by atoms with Gasteiger partial charge in [-0.25, -0.2) is 9.18 Å². The molecule has 7 heteroatoms. The Morgan fingerprint density at radius 3 is 2.61 bits per heavy atom. The summed E-state index contributed by atoms with van der Waals surface area (Å²) in [6, 6.07) is 16.8. The van der Waals surface area contributed by atoms with E-state index in [0.29, 0.717) is 10.7 Å². The molecule has 1 heterocycles. The van der Waals surface area contributed by atoms with E-state index in [9.17, 15) is 14.3 Å². The number of nitrogens with zero attached hydrogens (tertiary/aromatic N) is 2. The van der Waals surface area contributed by atoms with E-state index < -0.39 is 5.97 Å². The lowest BCUT2D eigenvalue weighted by molar-refractivity contribution is 0.0697. The molecule has 0 bridgehead atoms. The molecule has 1 aliphatic carbocycles. The van der Waals surface area contributed by atoms with Gasteiger partial charge in [0.15, 0.2) is 0 Å². The van der Waals surface area contributed by atoms with Gasteiger partial charge in [0.05, 0.1) is 33.7 Å². The number of carboxylic acids is 1. The number of anilines is 2. The van der Waals surface area contributed by atoms with Crippen molar-refractivity contribution >= 4 is 34.7 Å². The van der Waals surface area contributed by atoms with Crippen LogP contribution in [0.15, 0.2) is 65.8 Å². The Balaban J connectivity index is 1.66. The molecule has 0 spiro atoms. The number of carbonyl (C=O) groups is 1.